The lowest BCUT2D eigenvalue weighted by Gasteiger charge is -2.40. The highest BCUT2D eigenvalue weighted by Crippen LogP contribution is 2.41. The molecule has 0 spiro atoms. The number of aliphatic carboxylic acids is 1. The largest absolute Gasteiger partial charge is 0.497 e. The summed E-state index contributed by atoms with van der Waals surface area (Å²) in [6.07, 6.45) is 2.86. The first-order chi connectivity index (χ1) is 17.0. The Labute approximate surface area is 228 Å². The van der Waals surface area contributed by atoms with Crippen molar-refractivity contribution >= 4 is 41.7 Å². The van der Waals surface area contributed by atoms with Gasteiger partial charge in [-0.25, -0.2) is 4.39 Å². The van der Waals surface area contributed by atoms with E-state index in [1.165, 1.54) is 12.1 Å². The molecule has 2 heterocycles. The summed E-state index contributed by atoms with van der Waals surface area (Å²) in [5.41, 5.74) is 2.39. The summed E-state index contributed by atoms with van der Waals surface area (Å²) in [6.45, 7) is 1.43. The summed E-state index contributed by atoms with van der Waals surface area (Å²) in [5, 5.41) is 20.9. The van der Waals surface area contributed by atoms with E-state index in [1.807, 2.05) is 29.2 Å². The van der Waals surface area contributed by atoms with Crippen molar-refractivity contribution in [3.8, 4) is 17.6 Å². The van der Waals surface area contributed by atoms with Crippen LogP contribution in [0.5, 0.6) is 5.75 Å². The van der Waals surface area contributed by atoms with Crippen LogP contribution in [0.3, 0.4) is 0 Å². The fourth-order valence-corrected chi connectivity index (χ4v) is 5.08. The number of ether oxygens (including phenoxy) is 1. The summed E-state index contributed by atoms with van der Waals surface area (Å²) >= 11 is 0. The van der Waals surface area contributed by atoms with E-state index in [4.69, 9.17) is 4.74 Å². The van der Waals surface area contributed by atoms with Gasteiger partial charge in [0.25, 0.3) is 0 Å². The molecule has 2 N–H and O–H groups in total. The Morgan fingerprint density at radius 3 is 2.76 bits per heavy atom. The minimum atomic E-state index is -0.850. The van der Waals surface area contributed by atoms with Gasteiger partial charge in [0.15, 0.2) is 0 Å². The van der Waals surface area contributed by atoms with Crippen LogP contribution in [0.4, 0.5) is 4.39 Å². The zero-order valence-corrected chi connectivity index (χ0v) is 22.1. The molecule has 198 valence electrons. The Balaban J connectivity index is 0.00000241. The number of carboxylic acid groups (broad SMARTS) is 1. The lowest BCUT2D eigenvalue weighted by molar-refractivity contribution is -0.146. The van der Waals surface area contributed by atoms with E-state index in [1.54, 1.807) is 25.4 Å². The van der Waals surface area contributed by atoms with Gasteiger partial charge >= 0.3 is 5.97 Å². The van der Waals surface area contributed by atoms with Gasteiger partial charge in [-0.3, -0.25) is 14.7 Å². The van der Waals surface area contributed by atoms with Gasteiger partial charge in [0, 0.05) is 30.3 Å². The molecule has 0 amide bonds. The van der Waals surface area contributed by atoms with Crippen LogP contribution in [-0.4, -0.2) is 59.4 Å². The molecular weight excluding hydrogens is 518 g/mol. The van der Waals surface area contributed by atoms with Crippen LogP contribution in [0, 0.1) is 29.5 Å². The molecule has 4 rings (SSSR count). The predicted octanol–water partition coefficient (Wildman–Crippen LogP) is 4.77. The monoisotopic (exact) mass is 548 g/mol. The number of piperidine rings is 1. The number of benzene rings is 2. The van der Waals surface area contributed by atoms with Crippen LogP contribution >= 0.6 is 24.8 Å². The van der Waals surface area contributed by atoms with E-state index in [2.05, 4.69) is 16.8 Å². The fourth-order valence-electron chi connectivity index (χ4n) is 5.08. The lowest BCUT2D eigenvalue weighted by Crippen LogP contribution is -2.46. The standard InChI is InChI=1S/C28H29FN2O4.2ClH/c1-35-21-7-8-27-25(17-21)22(9-12-30-27)24(11-15-32)23-10-14-31(18-26(23)28(33)34)13-3-5-19-4-2-6-20(29)16-19;;/h2,4,6-9,12,16-17,23-24,26,32H,10-11,13-15,18H2,1H3,(H,33,34);2*1H/t23-,24+,26+;;/m1../s1. The molecule has 3 aromatic rings. The molecule has 0 radical (unpaired) electrons. The van der Waals surface area contributed by atoms with Gasteiger partial charge < -0.3 is 14.9 Å². The maximum atomic E-state index is 13.4. The van der Waals surface area contributed by atoms with Crippen LogP contribution in [0.1, 0.15) is 29.9 Å². The highest BCUT2D eigenvalue weighted by atomic mass is 35.5. The van der Waals surface area contributed by atoms with Gasteiger partial charge in [0.1, 0.15) is 11.6 Å². The average Bonchev–Trinajstić information content (AvgIpc) is 2.87. The van der Waals surface area contributed by atoms with Crippen molar-refractivity contribution in [1.82, 2.24) is 9.88 Å². The molecule has 1 fully saturated rings. The maximum absolute atomic E-state index is 13.4. The zero-order chi connectivity index (χ0) is 24.8. The molecule has 0 saturated carbocycles. The highest BCUT2D eigenvalue weighted by molar-refractivity contribution is 5.86. The topological polar surface area (TPSA) is 82.9 Å². The summed E-state index contributed by atoms with van der Waals surface area (Å²) in [4.78, 5) is 18.8. The first kappa shape index (κ1) is 30.3. The maximum Gasteiger partial charge on any atom is 0.308 e. The molecule has 1 aliphatic heterocycles. The predicted molar refractivity (Wildman–Crippen MR) is 146 cm³/mol. The van der Waals surface area contributed by atoms with Crippen molar-refractivity contribution in [3.05, 3.63) is 71.7 Å². The molecule has 6 nitrogen and oxygen atoms in total. The van der Waals surface area contributed by atoms with Crippen molar-refractivity contribution in [2.75, 3.05) is 33.4 Å². The smallest absolute Gasteiger partial charge is 0.308 e. The Bertz CT molecular complexity index is 1260. The minimum absolute atomic E-state index is 0. The third kappa shape index (κ3) is 7.33. The van der Waals surface area contributed by atoms with E-state index < -0.39 is 11.9 Å². The lowest BCUT2D eigenvalue weighted by atomic mass is 9.72. The van der Waals surface area contributed by atoms with Crippen LogP contribution < -0.4 is 4.74 Å². The van der Waals surface area contributed by atoms with Gasteiger partial charge in [0.2, 0.25) is 0 Å². The first-order valence-electron chi connectivity index (χ1n) is 11.7. The number of fused-ring (bicyclic) bond motifs is 1. The van der Waals surface area contributed by atoms with Crippen LogP contribution in [0.25, 0.3) is 10.9 Å². The van der Waals surface area contributed by atoms with Crippen LogP contribution in [0.15, 0.2) is 54.7 Å². The van der Waals surface area contributed by atoms with Crippen molar-refractivity contribution in [3.63, 3.8) is 0 Å². The number of halogens is 3. The third-order valence-corrected chi connectivity index (χ3v) is 6.77. The summed E-state index contributed by atoms with van der Waals surface area (Å²) < 4.78 is 18.8. The number of carboxylic acids is 1. The second-order valence-electron chi connectivity index (χ2n) is 8.85. The van der Waals surface area contributed by atoms with E-state index >= 15 is 0 Å². The molecule has 1 saturated heterocycles. The quantitative estimate of drug-likeness (QED) is 0.414. The normalized spacial score (nSPS) is 18.0. The molecule has 0 aliphatic carbocycles. The second-order valence-corrected chi connectivity index (χ2v) is 8.85. The highest BCUT2D eigenvalue weighted by Gasteiger charge is 2.39. The number of hydrogen-bond acceptors (Lipinski definition) is 5. The summed E-state index contributed by atoms with van der Waals surface area (Å²) in [5.74, 6) is 4.63. The van der Waals surface area contributed by atoms with Gasteiger partial charge in [-0.05, 0) is 79.3 Å². The Hall–Kier alpha value is -2.89. The van der Waals surface area contributed by atoms with E-state index in [-0.39, 0.29) is 49.1 Å². The second kappa shape index (κ2) is 14.2. The van der Waals surface area contributed by atoms with Crippen molar-refractivity contribution in [2.24, 2.45) is 11.8 Å². The van der Waals surface area contributed by atoms with Crippen LogP contribution in [0.2, 0.25) is 0 Å². The Morgan fingerprint density at radius 2 is 2.05 bits per heavy atom. The van der Waals surface area contributed by atoms with E-state index in [9.17, 15) is 19.4 Å². The average molecular weight is 549 g/mol. The molecule has 0 unspecified atom stereocenters. The Kier molecular flexibility index (Phi) is 11.6. The van der Waals surface area contributed by atoms with E-state index in [0.29, 0.717) is 43.8 Å². The zero-order valence-electron chi connectivity index (χ0n) is 20.5. The van der Waals surface area contributed by atoms with Gasteiger partial charge in [-0.1, -0.05) is 17.9 Å². The molecule has 37 heavy (non-hydrogen) atoms. The summed E-state index contributed by atoms with van der Waals surface area (Å²) in [6, 6.07) is 13.7. The number of aliphatic hydroxyl groups excluding tert-OH is 1. The molecule has 3 atom stereocenters. The SMILES string of the molecule is COc1ccc2nccc([C@H](CCO)[C@H]3CCN(CC#Cc4cccc(F)c4)C[C@@H]3C(=O)O)c2c1.Cl.Cl. The van der Waals surface area contributed by atoms with Gasteiger partial charge in [-0.2, -0.15) is 0 Å². The molecular formula is C28H31Cl2FN2O4. The summed E-state index contributed by atoms with van der Waals surface area (Å²) in [7, 11) is 1.61. The van der Waals surface area contributed by atoms with Crippen molar-refractivity contribution < 1.29 is 24.1 Å². The number of rotatable bonds is 7. The number of nitrogens with zero attached hydrogens (tertiary/aromatic N) is 2. The van der Waals surface area contributed by atoms with Gasteiger partial charge in [0.05, 0.1) is 25.1 Å². The molecule has 0 bridgehead atoms. The number of likely N-dealkylation sites (tertiary alicyclic amines) is 1. The number of carbonyl (C=O) groups is 1. The fraction of sp³-hybridized carbons (Fsp3) is 0.357. The van der Waals surface area contributed by atoms with Gasteiger partial charge in [-0.15, -0.1) is 24.8 Å². The number of methoxy groups -OCH3 is 1. The third-order valence-electron chi connectivity index (χ3n) is 6.77. The van der Waals surface area contributed by atoms with Crippen molar-refractivity contribution in [2.45, 2.75) is 18.8 Å². The van der Waals surface area contributed by atoms with Crippen LogP contribution in [-0.2, 0) is 4.79 Å². The Morgan fingerprint density at radius 1 is 1.24 bits per heavy atom. The van der Waals surface area contributed by atoms with E-state index in [0.717, 1.165) is 16.5 Å². The minimum Gasteiger partial charge on any atom is -0.497 e. The molecule has 1 aromatic heterocycles. The number of pyridine rings is 1. The number of aliphatic hydroxyl groups is 1. The molecule has 9 heteroatoms. The molecule has 2 aromatic carbocycles. The molecule has 1 aliphatic rings. The first-order valence-corrected chi connectivity index (χ1v) is 11.7. The number of hydrogen-bond donors (Lipinski definition) is 2. The number of aromatic nitrogens is 1. The van der Waals surface area contributed by atoms with Crippen molar-refractivity contribution in [1.29, 1.82) is 0 Å².